The minimum atomic E-state index is -0.507. The average Bonchev–Trinajstić information content (AvgIpc) is 0.661. The van der Waals surface area contributed by atoms with Gasteiger partial charge in [0, 0.05) is 147 Å². The largest absolute Gasteiger partial charge is 0.421 e. The number of rotatable bonds is 14. The lowest BCUT2D eigenvalue weighted by Gasteiger charge is -2.55. The van der Waals surface area contributed by atoms with Crippen molar-refractivity contribution in [2.24, 2.45) is 0 Å². The summed E-state index contributed by atoms with van der Waals surface area (Å²) in [6, 6.07) is 173. The van der Waals surface area contributed by atoms with Crippen molar-refractivity contribution in [3.05, 3.63) is 461 Å². The minimum absolute atomic E-state index is 0.406. The van der Waals surface area contributed by atoms with E-state index in [4.69, 9.17) is 0 Å². The van der Waals surface area contributed by atoms with Crippen molar-refractivity contribution in [1.29, 1.82) is 0 Å². The van der Waals surface area contributed by atoms with E-state index in [1.165, 1.54) is 77.5 Å². The molecule has 8 aliphatic heterocycles. The molecule has 8 aliphatic rings. The molecule has 0 aromatic heterocycles. The first-order valence-corrected chi connectivity index (χ1v) is 44.3. The summed E-state index contributed by atoms with van der Waals surface area (Å²) in [5.74, 6) is 0. The number of para-hydroxylation sites is 14. The molecule has 0 radical (unpaired) electrons. The molecule has 8 heterocycles. The Kier molecular flexibility index (Phi) is 16.0. The monoisotopic (exact) mass is 1630 g/mol. The quantitative estimate of drug-likeness (QED) is 0.0982. The molecule has 14 heteroatoms. The molecule has 0 aliphatic carbocycles. The Bertz CT molecular complexity index is 7110. The molecule has 128 heavy (non-hydrogen) atoms. The smallest absolute Gasteiger partial charge is 0.361 e. The maximum absolute atomic E-state index is 2.73. The summed E-state index contributed by atoms with van der Waals surface area (Å²) in [7, 11) is 0. The van der Waals surface area contributed by atoms with Crippen LogP contribution < -0.4 is 70.1 Å². The van der Waals surface area contributed by atoms with Gasteiger partial charge >= 0.3 is 27.9 Å². The van der Waals surface area contributed by atoms with Crippen LogP contribution in [0.15, 0.2) is 461 Å². The van der Waals surface area contributed by atoms with Gasteiger partial charge in [0.05, 0.1) is 11.4 Å². The van der Waals surface area contributed by atoms with Gasteiger partial charge in [-0.3, -0.25) is 0 Å². The molecule has 0 spiro atoms. The topological polar surface area (TPSA) is 32.4 Å². The highest BCUT2D eigenvalue weighted by Crippen LogP contribution is 2.64. The molecule has 0 atom stereocenters. The van der Waals surface area contributed by atoms with Crippen molar-refractivity contribution in [2.75, 3.05) is 48.3 Å². The maximum Gasteiger partial charge on any atom is 0.421 e. The van der Waals surface area contributed by atoms with Crippen molar-refractivity contribution in [3.8, 4) is 66.8 Å². The Morgan fingerprint density at radius 2 is 0.320 bits per heavy atom. The lowest BCUT2D eigenvalue weighted by Crippen LogP contribution is -2.68. The lowest BCUT2D eigenvalue weighted by atomic mass is 9.45. The summed E-state index contributed by atoms with van der Waals surface area (Å²) in [6.07, 6.45) is 0. The summed E-state index contributed by atoms with van der Waals surface area (Å²) in [4.78, 5) is 26.5. The van der Waals surface area contributed by atoms with E-state index < -0.39 is 27.9 Å². The molecule has 0 fully saturated rings. The van der Waals surface area contributed by atoms with Gasteiger partial charge in [-0.25, -0.2) is 0 Å². The number of benzene rings is 19. The standard InChI is InChI=1S/C114H76B4N10/c1-13-41-77(42-14-1)119(78-43-15-2-16-44-78)89-69-103-107-105(71-89)127(87-61-33-11-34-62-87)117-113-97(74-95-91-65-37-39-67-99(91)121(81-49-21-5-22-50-81)115(111(95)109(107)113)125(103)85-57-29-9-30-58-85)93-73-94-98-75-96-92-66-38-40-68-100(92)122(82-51-23-6-24-52-82)116-112(96)110-108-104(126(116)86-59-31-10-32-60-86)70-90(120(79-45-17-3-18-46-79)80-47-19-4-20-48-80)72-106(108)128(88-63-35-12-36-64-88)118(114(98)110)124(84-55-27-8-28-56-84)102(94)76-101(93)123(117)83-53-25-7-26-54-83/h1-76H. The van der Waals surface area contributed by atoms with Gasteiger partial charge in [-0.2, -0.15) is 0 Å². The Hall–Kier alpha value is -16.6. The van der Waals surface area contributed by atoms with Gasteiger partial charge in [-0.15, -0.1) is 0 Å². The van der Waals surface area contributed by atoms with E-state index in [1.807, 2.05) is 0 Å². The fourth-order valence-corrected chi connectivity index (χ4v) is 22.6. The first kappa shape index (κ1) is 72.0. The zero-order valence-corrected chi connectivity index (χ0v) is 69.7. The van der Waals surface area contributed by atoms with Gasteiger partial charge in [-0.1, -0.05) is 255 Å². The molecule has 594 valence electrons. The van der Waals surface area contributed by atoms with Crippen LogP contribution in [-0.4, -0.2) is 27.9 Å². The zero-order chi connectivity index (χ0) is 83.8. The van der Waals surface area contributed by atoms with Gasteiger partial charge < -0.3 is 48.3 Å². The van der Waals surface area contributed by atoms with E-state index in [0.29, 0.717) is 0 Å². The molecule has 10 nitrogen and oxygen atoms in total. The van der Waals surface area contributed by atoms with E-state index in [9.17, 15) is 0 Å². The van der Waals surface area contributed by atoms with Crippen molar-refractivity contribution in [1.82, 2.24) is 0 Å². The zero-order valence-electron chi connectivity index (χ0n) is 69.7. The summed E-state index contributed by atoms with van der Waals surface area (Å²) in [5, 5.41) is 0. The second-order valence-electron chi connectivity index (χ2n) is 34.1. The number of nitrogens with zero attached hydrogens (tertiary/aromatic N) is 10. The van der Waals surface area contributed by atoms with E-state index in [2.05, 4.69) is 509 Å². The van der Waals surface area contributed by atoms with Gasteiger partial charge in [0.25, 0.3) is 0 Å². The molecule has 0 bridgehead atoms. The van der Waals surface area contributed by atoms with Crippen LogP contribution in [0.1, 0.15) is 0 Å². The van der Waals surface area contributed by atoms with Gasteiger partial charge in [0.1, 0.15) is 0 Å². The fraction of sp³-hybridized carbons (Fsp3) is 0. The van der Waals surface area contributed by atoms with Crippen LogP contribution in [0.2, 0.25) is 0 Å². The minimum Gasteiger partial charge on any atom is -0.361 e. The van der Waals surface area contributed by atoms with Crippen LogP contribution in [0.3, 0.4) is 0 Å². The molecule has 0 saturated carbocycles. The molecular formula is C114H76B4N10. The summed E-state index contributed by atoms with van der Waals surface area (Å²) >= 11 is 0. The molecular weight excluding hydrogens is 1550 g/mol. The first-order valence-electron chi connectivity index (χ1n) is 44.3. The summed E-state index contributed by atoms with van der Waals surface area (Å²) in [6.45, 7) is -1.83. The molecule has 19 aromatic carbocycles. The third-order valence-electron chi connectivity index (χ3n) is 27.5. The predicted octanol–water partition coefficient (Wildman–Crippen LogP) is 26.6. The van der Waals surface area contributed by atoms with Crippen molar-refractivity contribution in [2.45, 2.75) is 0 Å². The molecule has 27 rings (SSSR count). The normalized spacial score (nSPS) is 13.8. The third kappa shape index (κ3) is 10.5. The Morgan fingerprint density at radius 1 is 0.133 bits per heavy atom. The van der Waals surface area contributed by atoms with Gasteiger partial charge in [0.2, 0.25) is 0 Å². The first-order chi connectivity index (χ1) is 63.6. The molecule has 0 amide bonds. The van der Waals surface area contributed by atoms with E-state index >= 15 is 0 Å². The maximum atomic E-state index is 2.73. The van der Waals surface area contributed by atoms with Crippen molar-refractivity contribution < 1.29 is 0 Å². The number of anilines is 22. The second kappa shape index (κ2) is 28.5. The Balaban J connectivity index is 0.817. The number of hydrogen-bond donors (Lipinski definition) is 0. The van der Waals surface area contributed by atoms with Crippen LogP contribution in [0, 0.1) is 0 Å². The van der Waals surface area contributed by atoms with Gasteiger partial charge in [0.15, 0.2) is 0 Å². The van der Waals surface area contributed by atoms with Crippen LogP contribution in [-0.2, 0) is 0 Å². The highest BCUT2D eigenvalue weighted by atomic mass is 15.3. The lowest BCUT2D eigenvalue weighted by molar-refractivity contribution is 1.21. The Morgan fingerprint density at radius 3 is 0.562 bits per heavy atom. The molecule has 0 N–H and O–H groups in total. The average molecular weight is 1630 g/mol. The molecule has 0 saturated heterocycles. The number of hydrogen-bond acceptors (Lipinski definition) is 10. The number of fused-ring (bicyclic) bond motifs is 8. The van der Waals surface area contributed by atoms with E-state index in [-0.39, 0.29) is 0 Å². The predicted molar refractivity (Wildman–Crippen MR) is 539 cm³/mol. The van der Waals surface area contributed by atoms with Gasteiger partial charge in [-0.05, 0) is 261 Å². The highest BCUT2D eigenvalue weighted by molar-refractivity contribution is 6.94. The molecule has 19 aromatic rings. The van der Waals surface area contributed by atoms with Crippen LogP contribution in [0.4, 0.5) is 125 Å². The SMILES string of the molecule is c1ccc(N2B3c4c(cc5c6c4-c4c(cc(N(c7ccccc7)c7ccccc7)cc4N(c4ccccc4)B6N(c4ccccc4)c4cc6c(cc4-5)-c4cc5c7c8c4B(N6c4ccccc4)N(c4ccccc4)c4cc(N(c6ccccc6)c6ccccc6)cc(c4-8)N(c4ccccc4)B7N(c4ccccc4)c4ccccc4-5)N3c3ccccc3)-c3ccccc32)cc1. The fourth-order valence-electron chi connectivity index (χ4n) is 22.6. The van der Waals surface area contributed by atoms with Crippen LogP contribution in [0.5, 0.6) is 0 Å². The second-order valence-corrected chi connectivity index (χ2v) is 34.1. The van der Waals surface area contributed by atoms with Crippen LogP contribution in [0.25, 0.3) is 66.8 Å². The Labute approximate surface area is 745 Å². The van der Waals surface area contributed by atoms with E-state index in [1.54, 1.807) is 0 Å². The third-order valence-corrected chi connectivity index (χ3v) is 27.5. The van der Waals surface area contributed by atoms with E-state index in [0.717, 1.165) is 136 Å². The summed E-state index contributed by atoms with van der Waals surface area (Å²) < 4.78 is 0. The van der Waals surface area contributed by atoms with Crippen molar-refractivity contribution in [3.63, 3.8) is 0 Å². The molecule has 0 unspecified atom stereocenters. The van der Waals surface area contributed by atoms with Crippen LogP contribution >= 0.6 is 0 Å². The highest BCUT2D eigenvalue weighted by Gasteiger charge is 2.60. The summed E-state index contributed by atoms with van der Waals surface area (Å²) in [5.41, 5.74) is 43.0. The van der Waals surface area contributed by atoms with Crippen molar-refractivity contribution >= 4 is 175 Å².